The predicted octanol–water partition coefficient (Wildman–Crippen LogP) is 3.43. The molecular weight excluding hydrogens is 340 g/mol. The lowest BCUT2D eigenvalue weighted by Crippen LogP contribution is -2.47. The Hall–Kier alpha value is -2.34. The van der Waals surface area contributed by atoms with Crippen LogP contribution >= 0.6 is 0 Å². The molecule has 0 bridgehead atoms. The van der Waals surface area contributed by atoms with Crippen LogP contribution in [-0.2, 0) is 6.42 Å². The van der Waals surface area contributed by atoms with Crippen LogP contribution in [0, 0.1) is 0 Å². The minimum atomic E-state index is 0.323. The number of rotatable bonds is 6. The summed E-state index contributed by atoms with van der Waals surface area (Å²) in [5.74, 6) is 2.57. The third-order valence-corrected chi connectivity index (χ3v) is 5.51. The van der Waals surface area contributed by atoms with Crippen LogP contribution in [0.4, 0.5) is 5.95 Å². The minimum Gasteiger partial charge on any atom is -0.454 e. The zero-order chi connectivity index (χ0) is 18.6. The molecule has 144 valence electrons. The first-order valence-corrected chi connectivity index (χ1v) is 9.95. The quantitative estimate of drug-likeness (QED) is 0.779. The Balaban J connectivity index is 1.37. The van der Waals surface area contributed by atoms with Crippen molar-refractivity contribution < 1.29 is 9.47 Å². The molecule has 6 heteroatoms. The molecule has 1 atom stereocenters. The van der Waals surface area contributed by atoms with Gasteiger partial charge in [0, 0.05) is 44.1 Å². The van der Waals surface area contributed by atoms with Crippen LogP contribution in [0.5, 0.6) is 11.5 Å². The van der Waals surface area contributed by atoms with Crippen molar-refractivity contribution in [3.8, 4) is 11.5 Å². The normalized spacial score (nSPS) is 17.9. The van der Waals surface area contributed by atoms with Crippen LogP contribution in [0.1, 0.15) is 44.0 Å². The third kappa shape index (κ3) is 4.00. The lowest BCUT2D eigenvalue weighted by atomic mass is 10.1. The van der Waals surface area contributed by atoms with Gasteiger partial charge >= 0.3 is 0 Å². The number of ether oxygens (including phenoxy) is 2. The smallest absolute Gasteiger partial charge is 0.231 e. The van der Waals surface area contributed by atoms with Gasteiger partial charge in [-0.2, -0.15) is 0 Å². The summed E-state index contributed by atoms with van der Waals surface area (Å²) in [7, 11) is 0. The number of piperazine rings is 1. The summed E-state index contributed by atoms with van der Waals surface area (Å²) in [6.45, 7) is 8.69. The molecule has 6 nitrogen and oxygen atoms in total. The van der Waals surface area contributed by atoms with Gasteiger partial charge in [-0.1, -0.05) is 19.4 Å². The van der Waals surface area contributed by atoms with Gasteiger partial charge in [0.05, 0.1) is 0 Å². The third-order valence-electron chi connectivity index (χ3n) is 5.51. The van der Waals surface area contributed by atoms with Crippen molar-refractivity contribution in [1.29, 1.82) is 0 Å². The molecule has 4 rings (SSSR count). The molecule has 1 unspecified atom stereocenters. The van der Waals surface area contributed by atoms with E-state index in [1.807, 2.05) is 18.3 Å². The summed E-state index contributed by atoms with van der Waals surface area (Å²) in [6.07, 6.45) is 5.30. The number of unbranched alkanes of at least 4 members (excludes halogenated alkanes) is 1. The first kappa shape index (κ1) is 18.0. The molecule has 0 saturated carbocycles. The zero-order valence-electron chi connectivity index (χ0n) is 16.2. The molecule has 2 aromatic rings. The van der Waals surface area contributed by atoms with E-state index in [1.165, 1.54) is 18.4 Å². The largest absolute Gasteiger partial charge is 0.454 e. The van der Waals surface area contributed by atoms with Crippen LogP contribution in [0.2, 0.25) is 0 Å². The highest BCUT2D eigenvalue weighted by atomic mass is 16.7. The van der Waals surface area contributed by atoms with E-state index in [1.54, 1.807) is 0 Å². The van der Waals surface area contributed by atoms with E-state index in [9.17, 15) is 0 Å². The topological polar surface area (TPSA) is 50.7 Å². The molecule has 0 aliphatic carbocycles. The Kier molecular flexibility index (Phi) is 5.43. The molecule has 1 saturated heterocycles. The number of nitrogens with zero attached hydrogens (tertiary/aromatic N) is 4. The molecule has 1 aromatic heterocycles. The van der Waals surface area contributed by atoms with Gasteiger partial charge in [-0.25, -0.2) is 9.97 Å². The highest BCUT2D eigenvalue weighted by Crippen LogP contribution is 2.35. The summed E-state index contributed by atoms with van der Waals surface area (Å²) in [4.78, 5) is 14.1. The van der Waals surface area contributed by atoms with Gasteiger partial charge < -0.3 is 14.4 Å². The molecule has 0 N–H and O–H groups in total. The van der Waals surface area contributed by atoms with Crippen LogP contribution < -0.4 is 14.4 Å². The summed E-state index contributed by atoms with van der Waals surface area (Å²) < 4.78 is 10.9. The van der Waals surface area contributed by atoms with E-state index >= 15 is 0 Å². The molecule has 0 radical (unpaired) electrons. The fourth-order valence-electron chi connectivity index (χ4n) is 3.73. The molecular formula is C21H28N4O2. The predicted molar refractivity (Wildman–Crippen MR) is 105 cm³/mol. The molecule has 27 heavy (non-hydrogen) atoms. The Morgan fingerprint density at radius 1 is 1.07 bits per heavy atom. The molecule has 0 amide bonds. The van der Waals surface area contributed by atoms with Gasteiger partial charge in [-0.15, -0.1) is 0 Å². The molecule has 2 aliphatic heterocycles. The van der Waals surface area contributed by atoms with Gasteiger partial charge in [-0.05, 0) is 43.5 Å². The number of benzene rings is 1. The summed E-state index contributed by atoms with van der Waals surface area (Å²) in [5.41, 5.74) is 2.42. The van der Waals surface area contributed by atoms with Gasteiger partial charge in [0.1, 0.15) is 0 Å². The molecule has 1 aromatic carbocycles. The van der Waals surface area contributed by atoms with Crippen molar-refractivity contribution in [2.45, 2.75) is 39.2 Å². The Labute approximate surface area is 161 Å². The number of aromatic nitrogens is 2. The van der Waals surface area contributed by atoms with Crippen LogP contribution in [0.3, 0.4) is 0 Å². The van der Waals surface area contributed by atoms with Crippen molar-refractivity contribution in [3.63, 3.8) is 0 Å². The maximum Gasteiger partial charge on any atom is 0.231 e. The second-order valence-corrected chi connectivity index (χ2v) is 7.26. The highest BCUT2D eigenvalue weighted by Gasteiger charge is 2.25. The lowest BCUT2D eigenvalue weighted by Gasteiger charge is -2.38. The number of fused-ring (bicyclic) bond motifs is 1. The molecule has 3 heterocycles. The highest BCUT2D eigenvalue weighted by molar-refractivity contribution is 5.45. The zero-order valence-corrected chi connectivity index (χ0v) is 16.2. The molecule has 0 spiro atoms. The average Bonchev–Trinajstić information content (AvgIpc) is 3.20. The fourth-order valence-corrected chi connectivity index (χ4v) is 3.73. The minimum absolute atomic E-state index is 0.323. The fraction of sp³-hybridized carbons (Fsp3) is 0.524. The first-order chi connectivity index (χ1) is 13.2. The number of hydrogen-bond donors (Lipinski definition) is 0. The standard InChI is InChI=1S/C21H28N4O2/c1-3-4-5-18-8-9-22-21(23-18)25-12-10-24(11-13-25)16(2)17-6-7-19-20(14-17)27-15-26-19/h6-9,14,16H,3-5,10-13,15H2,1-2H3. The van der Waals surface area contributed by atoms with Gasteiger partial charge in [0.2, 0.25) is 12.7 Å². The molecule has 2 aliphatic rings. The first-order valence-electron chi connectivity index (χ1n) is 9.95. The van der Waals surface area contributed by atoms with Crippen LogP contribution in [0.25, 0.3) is 0 Å². The summed E-state index contributed by atoms with van der Waals surface area (Å²) in [5, 5.41) is 0. The van der Waals surface area contributed by atoms with Gasteiger partial charge in [0.15, 0.2) is 11.5 Å². The van der Waals surface area contributed by atoms with Crippen molar-refractivity contribution in [2.24, 2.45) is 0 Å². The Morgan fingerprint density at radius 3 is 2.70 bits per heavy atom. The maximum atomic E-state index is 5.53. The van der Waals surface area contributed by atoms with Gasteiger partial charge in [0.25, 0.3) is 0 Å². The lowest BCUT2D eigenvalue weighted by molar-refractivity contribution is 0.173. The Bertz CT molecular complexity index is 775. The van der Waals surface area contributed by atoms with E-state index in [0.29, 0.717) is 12.8 Å². The monoisotopic (exact) mass is 368 g/mol. The van der Waals surface area contributed by atoms with Crippen molar-refractivity contribution in [1.82, 2.24) is 14.9 Å². The summed E-state index contributed by atoms with van der Waals surface area (Å²) >= 11 is 0. The maximum absolute atomic E-state index is 5.53. The van der Waals surface area contributed by atoms with Crippen molar-refractivity contribution in [3.05, 3.63) is 41.7 Å². The number of hydrogen-bond acceptors (Lipinski definition) is 6. The molecule has 1 fully saturated rings. The average molecular weight is 368 g/mol. The SMILES string of the molecule is CCCCc1ccnc(N2CCN(C(C)c3ccc4c(c3)OCO4)CC2)n1. The Morgan fingerprint density at radius 2 is 1.89 bits per heavy atom. The summed E-state index contributed by atoms with van der Waals surface area (Å²) in [6, 6.07) is 8.65. The van der Waals surface area contributed by atoms with E-state index < -0.39 is 0 Å². The van der Waals surface area contributed by atoms with Crippen molar-refractivity contribution in [2.75, 3.05) is 37.9 Å². The second-order valence-electron chi connectivity index (χ2n) is 7.26. The van der Waals surface area contributed by atoms with E-state index in [2.05, 4.69) is 40.8 Å². The van der Waals surface area contributed by atoms with Gasteiger partial charge in [-0.3, -0.25) is 4.90 Å². The van der Waals surface area contributed by atoms with Crippen molar-refractivity contribution >= 4 is 5.95 Å². The van der Waals surface area contributed by atoms with E-state index in [0.717, 1.165) is 55.7 Å². The van der Waals surface area contributed by atoms with E-state index in [4.69, 9.17) is 14.5 Å². The number of anilines is 1. The van der Waals surface area contributed by atoms with E-state index in [-0.39, 0.29) is 0 Å². The second kappa shape index (κ2) is 8.13. The van der Waals surface area contributed by atoms with Crippen LogP contribution in [-0.4, -0.2) is 47.8 Å². The number of aryl methyl sites for hydroxylation is 1. The van der Waals surface area contributed by atoms with Crippen LogP contribution in [0.15, 0.2) is 30.5 Å².